The van der Waals surface area contributed by atoms with Gasteiger partial charge >= 0.3 is 18.4 Å². The second-order valence-corrected chi connectivity index (χ2v) is 9.82. The molecule has 1 N–H and O–H groups in total. The van der Waals surface area contributed by atoms with E-state index in [-0.39, 0.29) is 22.3 Å². The average Bonchev–Trinajstić information content (AvgIpc) is 2.82. The molecule has 0 radical (unpaired) electrons. The van der Waals surface area contributed by atoms with Crippen LogP contribution in [-0.4, -0.2) is 26.9 Å². The smallest absolute Gasteiger partial charge is 0.406 e. The van der Waals surface area contributed by atoms with Gasteiger partial charge in [0.2, 0.25) is 9.84 Å². The standard InChI is InChI=1S/C25H18F7NO4S/c1-14(16-7-9-17(10-8-16)15(2)33-23(34)24(27,28)29)19-12-11-18(37-25(30,31)32)13-22(19)38(35,36)21-6-4-3-5-20(21)26/h3-13,15H,1H2,2H3,(H,33,34)/t15-/m0/s1. The Kier molecular flexibility index (Phi) is 7.91. The first-order chi connectivity index (χ1) is 17.5. The summed E-state index contributed by atoms with van der Waals surface area (Å²) < 4.78 is 121. The monoisotopic (exact) mass is 561 g/mol. The van der Waals surface area contributed by atoms with Gasteiger partial charge in [0, 0.05) is 11.6 Å². The van der Waals surface area contributed by atoms with Crippen molar-refractivity contribution in [1.29, 1.82) is 0 Å². The maximum absolute atomic E-state index is 14.4. The Hall–Kier alpha value is -3.87. The Bertz CT molecular complexity index is 1460. The quantitative estimate of drug-likeness (QED) is 0.341. The lowest BCUT2D eigenvalue weighted by molar-refractivity contribution is -0.274. The normalized spacial score (nSPS) is 13.1. The molecule has 202 valence electrons. The molecule has 1 atom stereocenters. The number of halogens is 7. The van der Waals surface area contributed by atoms with Gasteiger partial charge in [-0.1, -0.05) is 43.0 Å². The lowest BCUT2D eigenvalue weighted by Gasteiger charge is -2.18. The molecule has 0 saturated heterocycles. The fraction of sp³-hybridized carbons (Fsp3) is 0.160. The fourth-order valence-electron chi connectivity index (χ4n) is 3.44. The minimum absolute atomic E-state index is 0.00277. The lowest BCUT2D eigenvalue weighted by atomic mass is 9.97. The largest absolute Gasteiger partial charge is 0.573 e. The Labute approximate surface area is 212 Å². The third-order valence-corrected chi connectivity index (χ3v) is 7.12. The van der Waals surface area contributed by atoms with Crippen molar-refractivity contribution in [3.8, 4) is 5.75 Å². The number of nitrogens with one attached hydrogen (secondary N) is 1. The van der Waals surface area contributed by atoms with E-state index in [4.69, 9.17) is 0 Å². The second-order valence-electron chi connectivity index (χ2n) is 7.93. The van der Waals surface area contributed by atoms with Crippen molar-refractivity contribution in [3.05, 3.63) is 95.8 Å². The molecular weight excluding hydrogens is 543 g/mol. The van der Waals surface area contributed by atoms with Crippen LogP contribution in [0.5, 0.6) is 5.75 Å². The molecule has 0 bridgehead atoms. The van der Waals surface area contributed by atoms with E-state index in [1.807, 2.05) is 0 Å². The van der Waals surface area contributed by atoms with Crippen LogP contribution < -0.4 is 10.1 Å². The summed E-state index contributed by atoms with van der Waals surface area (Å²) in [5.74, 6) is -4.14. The summed E-state index contributed by atoms with van der Waals surface area (Å²) in [6, 6.07) is 11.2. The molecule has 0 fully saturated rings. The van der Waals surface area contributed by atoms with Crippen molar-refractivity contribution >= 4 is 21.3 Å². The van der Waals surface area contributed by atoms with E-state index >= 15 is 0 Å². The Morgan fingerprint density at radius 3 is 2.08 bits per heavy atom. The molecular formula is C25H18F7NO4S. The molecule has 0 heterocycles. The Morgan fingerprint density at radius 2 is 1.53 bits per heavy atom. The van der Waals surface area contributed by atoms with Crippen LogP contribution in [0, 0.1) is 5.82 Å². The van der Waals surface area contributed by atoms with Crippen LogP contribution in [-0.2, 0) is 14.6 Å². The average molecular weight is 561 g/mol. The summed E-state index contributed by atoms with van der Waals surface area (Å²) in [6.45, 7) is 5.12. The third kappa shape index (κ3) is 6.52. The van der Waals surface area contributed by atoms with Gasteiger partial charge in [0.25, 0.3) is 0 Å². The van der Waals surface area contributed by atoms with E-state index in [2.05, 4.69) is 11.3 Å². The summed E-state index contributed by atoms with van der Waals surface area (Å²) in [6.07, 6.45) is -10.2. The molecule has 0 aromatic heterocycles. The van der Waals surface area contributed by atoms with Crippen molar-refractivity contribution in [1.82, 2.24) is 5.32 Å². The summed E-state index contributed by atoms with van der Waals surface area (Å²) in [4.78, 5) is 9.67. The molecule has 0 aliphatic heterocycles. The predicted molar refractivity (Wildman–Crippen MR) is 122 cm³/mol. The molecule has 0 aliphatic carbocycles. The first-order valence-corrected chi connectivity index (χ1v) is 12.1. The van der Waals surface area contributed by atoms with Gasteiger partial charge in [-0.05, 0) is 47.9 Å². The SMILES string of the molecule is C=C(c1ccc([C@H](C)NC(=O)C(F)(F)F)cc1)c1ccc(OC(F)(F)F)cc1S(=O)(=O)c1ccccc1F. The molecule has 1 amide bonds. The number of sulfone groups is 1. The molecule has 3 rings (SSSR count). The molecule has 0 unspecified atom stereocenters. The van der Waals surface area contributed by atoms with E-state index in [9.17, 15) is 43.9 Å². The fourth-order valence-corrected chi connectivity index (χ4v) is 5.01. The second kappa shape index (κ2) is 10.5. The summed E-state index contributed by atoms with van der Waals surface area (Å²) >= 11 is 0. The van der Waals surface area contributed by atoms with Crippen LogP contribution in [0.2, 0.25) is 0 Å². The Morgan fingerprint density at radius 1 is 0.921 bits per heavy atom. The molecule has 0 aliphatic rings. The minimum Gasteiger partial charge on any atom is -0.406 e. The van der Waals surface area contributed by atoms with Crippen LogP contribution >= 0.6 is 0 Å². The molecule has 0 spiro atoms. The van der Waals surface area contributed by atoms with Crippen LogP contribution in [0.25, 0.3) is 5.57 Å². The highest BCUT2D eigenvalue weighted by Crippen LogP contribution is 2.36. The molecule has 3 aromatic rings. The van der Waals surface area contributed by atoms with Crippen molar-refractivity contribution in [3.63, 3.8) is 0 Å². The van der Waals surface area contributed by atoms with E-state index < -0.39 is 55.7 Å². The zero-order chi connectivity index (χ0) is 28.5. The maximum atomic E-state index is 14.4. The van der Waals surface area contributed by atoms with E-state index in [1.54, 1.807) is 5.32 Å². The molecule has 3 aromatic carbocycles. The van der Waals surface area contributed by atoms with Crippen LogP contribution in [0.3, 0.4) is 0 Å². The highest BCUT2D eigenvalue weighted by atomic mass is 32.2. The van der Waals surface area contributed by atoms with Gasteiger partial charge in [0.15, 0.2) is 0 Å². The van der Waals surface area contributed by atoms with Crippen molar-refractivity contribution < 1.29 is 48.7 Å². The molecule has 13 heteroatoms. The van der Waals surface area contributed by atoms with Gasteiger partial charge in [0.1, 0.15) is 16.5 Å². The molecule has 5 nitrogen and oxygen atoms in total. The van der Waals surface area contributed by atoms with Gasteiger partial charge in [-0.2, -0.15) is 13.2 Å². The number of rotatable bonds is 7. The highest BCUT2D eigenvalue weighted by molar-refractivity contribution is 7.91. The number of ether oxygens (including phenoxy) is 1. The first kappa shape index (κ1) is 28.7. The number of amides is 1. The minimum atomic E-state index is -5.13. The molecule has 0 saturated carbocycles. The number of carbonyl (C=O) groups excluding carboxylic acids is 1. The van der Waals surface area contributed by atoms with Crippen molar-refractivity contribution in [2.75, 3.05) is 0 Å². The van der Waals surface area contributed by atoms with Gasteiger partial charge in [-0.15, -0.1) is 13.2 Å². The number of hydrogen-bond acceptors (Lipinski definition) is 4. The third-order valence-electron chi connectivity index (χ3n) is 5.29. The van der Waals surface area contributed by atoms with Gasteiger partial charge < -0.3 is 10.1 Å². The first-order valence-electron chi connectivity index (χ1n) is 10.6. The summed E-state index contributed by atoms with van der Waals surface area (Å²) in [5, 5.41) is 1.79. The number of benzene rings is 3. The number of carbonyl (C=O) groups is 1. The molecule has 38 heavy (non-hydrogen) atoms. The predicted octanol–water partition coefficient (Wildman–Crippen LogP) is 6.36. The number of hydrogen-bond donors (Lipinski definition) is 1. The van der Waals surface area contributed by atoms with Crippen molar-refractivity contribution in [2.24, 2.45) is 0 Å². The Balaban J connectivity index is 2.03. The van der Waals surface area contributed by atoms with Gasteiger partial charge in [0.05, 0.1) is 10.9 Å². The lowest BCUT2D eigenvalue weighted by Crippen LogP contribution is -2.38. The van der Waals surface area contributed by atoms with E-state index in [0.717, 1.165) is 24.3 Å². The van der Waals surface area contributed by atoms with E-state index in [1.165, 1.54) is 43.3 Å². The topological polar surface area (TPSA) is 72.5 Å². The van der Waals surface area contributed by atoms with Crippen molar-refractivity contribution in [2.45, 2.75) is 35.3 Å². The van der Waals surface area contributed by atoms with Crippen LogP contribution in [0.15, 0.2) is 83.1 Å². The zero-order valence-electron chi connectivity index (χ0n) is 19.3. The van der Waals surface area contributed by atoms with Gasteiger partial charge in [-0.3, -0.25) is 4.79 Å². The van der Waals surface area contributed by atoms with Crippen LogP contribution in [0.1, 0.15) is 29.7 Å². The highest BCUT2D eigenvalue weighted by Gasteiger charge is 2.39. The number of alkyl halides is 6. The summed E-state index contributed by atoms with van der Waals surface area (Å²) in [7, 11) is -4.72. The maximum Gasteiger partial charge on any atom is 0.573 e. The van der Waals surface area contributed by atoms with Gasteiger partial charge in [-0.25, -0.2) is 12.8 Å². The zero-order valence-corrected chi connectivity index (χ0v) is 20.1. The summed E-state index contributed by atoms with van der Waals surface area (Å²) in [5.41, 5.74) is 0.343. The van der Waals surface area contributed by atoms with Crippen LogP contribution in [0.4, 0.5) is 30.7 Å². The van der Waals surface area contributed by atoms with E-state index in [0.29, 0.717) is 6.07 Å².